The van der Waals surface area contributed by atoms with E-state index < -0.39 is 16.1 Å². The van der Waals surface area contributed by atoms with Gasteiger partial charge in [-0.15, -0.1) is 0 Å². The molecular weight excluding hydrogens is 422 g/mol. The largest absolute Gasteiger partial charge is 0.286 e. The van der Waals surface area contributed by atoms with E-state index in [2.05, 4.69) is 9.97 Å². The first-order valence-electron chi connectivity index (χ1n) is 10.1. The molecule has 0 spiro atoms. The van der Waals surface area contributed by atoms with E-state index in [1.807, 2.05) is 47.0 Å². The number of hydrogen-bond donors (Lipinski definition) is 0. The number of aromatic nitrogens is 3. The molecule has 7 nitrogen and oxygen atoms in total. The first-order valence-corrected chi connectivity index (χ1v) is 11.6. The van der Waals surface area contributed by atoms with Crippen molar-refractivity contribution < 1.29 is 8.42 Å². The molecule has 0 saturated heterocycles. The number of benzene rings is 2. The van der Waals surface area contributed by atoms with Crippen LogP contribution in [-0.2, 0) is 23.0 Å². The fourth-order valence-corrected chi connectivity index (χ4v) is 5.82. The molecule has 0 saturated carbocycles. The molecular formula is C24H19N5O2S. The normalized spacial score (nSPS) is 15.9. The van der Waals surface area contributed by atoms with E-state index in [0.717, 1.165) is 11.1 Å². The number of nitriles is 1. The van der Waals surface area contributed by atoms with Crippen LogP contribution in [0.4, 0.5) is 0 Å². The van der Waals surface area contributed by atoms with Gasteiger partial charge in [-0.1, -0.05) is 48.5 Å². The Hall–Kier alpha value is -3.80. The molecule has 8 heteroatoms. The molecule has 1 aliphatic heterocycles. The molecule has 0 bridgehead atoms. The third-order valence-corrected chi connectivity index (χ3v) is 7.52. The number of hydrogen-bond acceptors (Lipinski definition) is 5. The Morgan fingerprint density at radius 3 is 2.56 bits per heavy atom. The Balaban J connectivity index is 1.73. The van der Waals surface area contributed by atoms with Crippen LogP contribution < -0.4 is 0 Å². The van der Waals surface area contributed by atoms with Crippen molar-refractivity contribution >= 4 is 10.0 Å². The highest BCUT2D eigenvalue weighted by Crippen LogP contribution is 2.36. The molecule has 1 atom stereocenters. The summed E-state index contributed by atoms with van der Waals surface area (Å²) >= 11 is 0. The van der Waals surface area contributed by atoms with Gasteiger partial charge in [0.25, 0.3) is 0 Å². The summed E-state index contributed by atoms with van der Waals surface area (Å²) in [6, 6.07) is 21.1. The van der Waals surface area contributed by atoms with Gasteiger partial charge in [0.2, 0.25) is 10.0 Å². The Morgan fingerprint density at radius 2 is 1.75 bits per heavy atom. The third kappa shape index (κ3) is 3.38. The van der Waals surface area contributed by atoms with Crippen molar-refractivity contribution in [2.45, 2.75) is 23.9 Å². The average Bonchev–Trinajstić information content (AvgIpc) is 3.27. The van der Waals surface area contributed by atoms with E-state index in [9.17, 15) is 13.7 Å². The zero-order chi connectivity index (χ0) is 22.1. The minimum atomic E-state index is -4.03. The van der Waals surface area contributed by atoms with Crippen molar-refractivity contribution in [3.63, 3.8) is 0 Å². The van der Waals surface area contributed by atoms with Crippen LogP contribution in [0.5, 0.6) is 0 Å². The highest BCUT2D eigenvalue weighted by Gasteiger charge is 2.39. The van der Waals surface area contributed by atoms with Gasteiger partial charge in [-0.05, 0) is 30.2 Å². The summed E-state index contributed by atoms with van der Waals surface area (Å²) in [5.74, 6) is 1.24. The highest BCUT2D eigenvalue weighted by atomic mass is 32.2. The number of pyridine rings is 1. The van der Waals surface area contributed by atoms with E-state index in [1.54, 1.807) is 36.8 Å². The van der Waals surface area contributed by atoms with Crippen molar-refractivity contribution in [2.24, 2.45) is 0 Å². The van der Waals surface area contributed by atoms with E-state index in [1.165, 1.54) is 16.4 Å². The summed E-state index contributed by atoms with van der Waals surface area (Å²) in [5.41, 5.74) is 1.87. The van der Waals surface area contributed by atoms with Crippen LogP contribution in [0, 0.1) is 11.3 Å². The molecule has 0 radical (unpaired) electrons. The van der Waals surface area contributed by atoms with Crippen molar-refractivity contribution in [2.75, 3.05) is 0 Å². The van der Waals surface area contributed by atoms with Gasteiger partial charge < -0.3 is 0 Å². The Kier molecular flexibility index (Phi) is 5.05. The van der Waals surface area contributed by atoms with Crippen LogP contribution in [-0.4, -0.2) is 27.3 Å². The second-order valence-corrected chi connectivity index (χ2v) is 9.36. The van der Waals surface area contributed by atoms with Gasteiger partial charge >= 0.3 is 0 Å². The Morgan fingerprint density at radius 1 is 0.969 bits per heavy atom. The lowest BCUT2D eigenvalue weighted by molar-refractivity contribution is 0.308. The Bertz CT molecular complexity index is 1420. The number of fused-ring (bicyclic) bond motifs is 3. The summed E-state index contributed by atoms with van der Waals surface area (Å²) in [6.07, 6.45) is 5.58. The van der Waals surface area contributed by atoms with Crippen LogP contribution >= 0.6 is 0 Å². The van der Waals surface area contributed by atoms with Crippen molar-refractivity contribution in [1.29, 1.82) is 5.26 Å². The molecule has 4 aromatic rings. The zero-order valence-corrected chi connectivity index (χ0v) is 17.9. The first-order chi connectivity index (χ1) is 15.6. The molecule has 158 valence electrons. The minimum Gasteiger partial charge on any atom is -0.286 e. The first kappa shape index (κ1) is 20.1. The Labute approximate surface area is 186 Å². The van der Waals surface area contributed by atoms with Gasteiger partial charge in [0.15, 0.2) is 0 Å². The van der Waals surface area contributed by atoms with Crippen LogP contribution in [0.1, 0.15) is 28.6 Å². The maximum Gasteiger partial charge on any atom is 0.245 e. The number of nitrogens with zero attached hydrogens (tertiary/aromatic N) is 5. The molecule has 32 heavy (non-hydrogen) atoms. The number of rotatable bonds is 4. The molecule has 2 aromatic heterocycles. The van der Waals surface area contributed by atoms with Crippen molar-refractivity contribution in [1.82, 2.24) is 18.8 Å². The van der Waals surface area contributed by atoms with Crippen LogP contribution in [0.15, 0.2) is 90.2 Å². The zero-order valence-electron chi connectivity index (χ0n) is 17.0. The summed E-state index contributed by atoms with van der Waals surface area (Å²) in [4.78, 5) is 9.04. The second kappa shape index (κ2) is 8.04. The maximum absolute atomic E-state index is 14.0. The lowest BCUT2D eigenvalue weighted by Crippen LogP contribution is -2.36. The van der Waals surface area contributed by atoms with Gasteiger partial charge in [0.1, 0.15) is 17.7 Å². The lowest BCUT2D eigenvalue weighted by Gasteiger charge is -2.29. The summed E-state index contributed by atoms with van der Waals surface area (Å²) in [7, 11) is -4.03. The van der Waals surface area contributed by atoms with Crippen LogP contribution in [0.25, 0.3) is 5.82 Å². The van der Waals surface area contributed by atoms with Gasteiger partial charge in [-0.2, -0.15) is 9.57 Å². The minimum absolute atomic E-state index is 0.00833. The average molecular weight is 442 g/mol. The number of sulfonamides is 1. The van der Waals surface area contributed by atoms with E-state index in [4.69, 9.17) is 0 Å². The molecule has 5 rings (SSSR count). The monoisotopic (exact) mass is 441 g/mol. The third-order valence-electron chi connectivity index (χ3n) is 5.60. The van der Waals surface area contributed by atoms with Gasteiger partial charge in [-0.3, -0.25) is 4.57 Å². The van der Waals surface area contributed by atoms with Crippen LogP contribution in [0.2, 0.25) is 0 Å². The van der Waals surface area contributed by atoms with Gasteiger partial charge in [0, 0.05) is 30.7 Å². The predicted octanol–water partition coefficient (Wildman–Crippen LogP) is 3.63. The molecule has 1 unspecified atom stereocenters. The molecule has 3 heterocycles. The van der Waals surface area contributed by atoms with Gasteiger partial charge in [0.05, 0.1) is 16.5 Å². The van der Waals surface area contributed by atoms with Crippen LogP contribution in [0.3, 0.4) is 0 Å². The fourth-order valence-electron chi connectivity index (χ4n) is 4.11. The molecule has 0 fully saturated rings. The SMILES string of the molecule is N#Cc1ccccc1S(=O)(=O)N1Cc2cccnc2-n2ccnc2C1Cc1ccccc1. The molecule has 0 aliphatic carbocycles. The van der Waals surface area contributed by atoms with Crippen molar-refractivity contribution in [3.05, 3.63) is 108 Å². The molecule has 0 N–H and O–H groups in total. The highest BCUT2D eigenvalue weighted by molar-refractivity contribution is 7.89. The topological polar surface area (TPSA) is 91.9 Å². The number of imidazole rings is 1. The molecule has 1 aliphatic rings. The summed E-state index contributed by atoms with van der Waals surface area (Å²) < 4.78 is 31.3. The quantitative estimate of drug-likeness (QED) is 0.482. The standard InChI is InChI=1S/C24H19N5O2S/c25-16-19-9-4-5-11-22(19)32(30,31)29-17-20-10-6-12-26-23(20)28-14-13-27-24(28)21(29)15-18-7-2-1-3-8-18/h1-14,21H,15,17H2. The predicted molar refractivity (Wildman–Crippen MR) is 118 cm³/mol. The van der Waals surface area contributed by atoms with E-state index in [0.29, 0.717) is 18.1 Å². The van der Waals surface area contributed by atoms with Gasteiger partial charge in [-0.25, -0.2) is 18.4 Å². The summed E-state index contributed by atoms with van der Waals surface area (Å²) in [6.45, 7) is 0.117. The maximum atomic E-state index is 14.0. The smallest absolute Gasteiger partial charge is 0.245 e. The van der Waals surface area contributed by atoms with Crippen molar-refractivity contribution in [3.8, 4) is 11.9 Å². The summed E-state index contributed by atoms with van der Waals surface area (Å²) in [5, 5.41) is 9.56. The second-order valence-electron chi connectivity index (χ2n) is 7.51. The van der Waals surface area contributed by atoms with E-state index >= 15 is 0 Å². The molecule has 0 amide bonds. The fraction of sp³-hybridized carbons (Fsp3) is 0.125. The lowest BCUT2D eigenvalue weighted by atomic mass is 10.1. The molecule has 2 aromatic carbocycles. The van der Waals surface area contributed by atoms with E-state index in [-0.39, 0.29) is 17.0 Å².